The van der Waals surface area contributed by atoms with Gasteiger partial charge < -0.3 is 9.47 Å². The summed E-state index contributed by atoms with van der Waals surface area (Å²) in [6, 6.07) is 4.45. The highest BCUT2D eigenvalue weighted by Crippen LogP contribution is 2.25. The third-order valence-corrected chi connectivity index (χ3v) is 3.61. The molecule has 2 rings (SSSR count). The second-order valence-electron chi connectivity index (χ2n) is 5.19. The van der Waals surface area contributed by atoms with Gasteiger partial charge in [0.25, 0.3) is 0 Å². The van der Waals surface area contributed by atoms with E-state index in [9.17, 15) is 0 Å². The van der Waals surface area contributed by atoms with E-state index < -0.39 is 0 Å². The van der Waals surface area contributed by atoms with Gasteiger partial charge in [0, 0.05) is 6.42 Å². The summed E-state index contributed by atoms with van der Waals surface area (Å²) >= 11 is 0. The number of ether oxygens (including phenoxy) is 2. The highest BCUT2D eigenvalue weighted by atomic mass is 16.7. The number of benzene rings is 1. The van der Waals surface area contributed by atoms with Crippen LogP contribution in [-0.4, -0.2) is 18.5 Å². The molecule has 2 heteroatoms. The zero-order valence-electron chi connectivity index (χ0n) is 11.4. The van der Waals surface area contributed by atoms with E-state index in [-0.39, 0.29) is 18.5 Å². The van der Waals surface area contributed by atoms with Crippen molar-refractivity contribution in [3.8, 4) is 0 Å². The Labute approximate surface area is 104 Å². The van der Waals surface area contributed by atoms with Crippen LogP contribution in [0.2, 0.25) is 0 Å². The molecular formula is C15H22O2. The molecule has 1 aromatic carbocycles. The maximum atomic E-state index is 5.80. The summed E-state index contributed by atoms with van der Waals surface area (Å²) in [6.07, 6.45) is 1.17. The van der Waals surface area contributed by atoms with Gasteiger partial charge in [0.1, 0.15) is 0 Å². The molecule has 2 atom stereocenters. The van der Waals surface area contributed by atoms with Gasteiger partial charge in [0.15, 0.2) is 6.29 Å². The van der Waals surface area contributed by atoms with Crippen LogP contribution < -0.4 is 0 Å². The minimum Gasteiger partial charge on any atom is -0.347 e. The molecule has 0 saturated carbocycles. The Morgan fingerprint density at radius 3 is 1.88 bits per heavy atom. The lowest BCUT2D eigenvalue weighted by molar-refractivity contribution is -0.0609. The Kier molecular flexibility index (Phi) is 3.55. The Hall–Kier alpha value is -0.860. The van der Waals surface area contributed by atoms with Gasteiger partial charge in [-0.3, -0.25) is 0 Å². The Bertz CT molecular complexity index is 378. The highest BCUT2D eigenvalue weighted by Gasteiger charge is 2.30. The molecule has 0 radical (unpaired) electrons. The van der Waals surface area contributed by atoms with Gasteiger partial charge >= 0.3 is 0 Å². The molecule has 2 nitrogen and oxygen atoms in total. The standard InChI is InChI=1S/C15H22O2/c1-9-6-10(2)14(11(3)7-9)8-15-16-12(4)13(5)17-15/h6-7,12-13,15H,8H2,1-5H3/t12-,13-/m1/s1. The lowest BCUT2D eigenvalue weighted by Crippen LogP contribution is -2.14. The second-order valence-corrected chi connectivity index (χ2v) is 5.19. The summed E-state index contributed by atoms with van der Waals surface area (Å²) in [5, 5.41) is 0. The number of hydrogen-bond donors (Lipinski definition) is 0. The molecule has 94 valence electrons. The maximum Gasteiger partial charge on any atom is 0.162 e. The normalized spacial score (nSPS) is 25.5. The van der Waals surface area contributed by atoms with Crippen LogP contribution >= 0.6 is 0 Å². The smallest absolute Gasteiger partial charge is 0.162 e. The van der Waals surface area contributed by atoms with E-state index in [4.69, 9.17) is 9.47 Å². The molecular weight excluding hydrogens is 212 g/mol. The fourth-order valence-electron chi connectivity index (χ4n) is 2.53. The van der Waals surface area contributed by atoms with Crippen molar-refractivity contribution in [1.29, 1.82) is 0 Å². The lowest BCUT2D eigenvalue weighted by Gasteiger charge is -2.15. The predicted octanol–water partition coefficient (Wildman–Crippen LogP) is 3.30. The van der Waals surface area contributed by atoms with Gasteiger partial charge in [-0.15, -0.1) is 0 Å². The first-order valence-corrected chi connectivity index (χ1v) is 6.35. The summed E-state index contributed by atoms with van der Waals surface area (Å²) in [4.78, 5) is 0. The van der Waals surface area contributed by atoms with Gasteiger partial charge in [0.05, 0.1) is 12.2 Å². The summed E-state index contributed by atoms with van der Waals surface area (Å²) in [5.74, 6) is 0. The first-order chi connectivity index (χ1) is 7.97. The maximum absolute atomic E-state index is 5.80. The van der Waals surface area contributed by atoms with Crippen LogP contribution in [0, 0.1) is 20.8 Å². The SMILES string of the molecule is Cc1cc(C)c(CC2O[C@H](C)[C@@H](C)O2)c(C)c1. The molecule has 0 aromatic heterocycles. The molecule has 0 spiro atoms. The van der Waals surface area contributed by atoms with Gasteiger partial charge in [-0.1, -0.05) is 17.7 Å². The van der Waals surface area contributed by atoms with E-state index in [1.807, 2.05) is 0 Å². The molecule has 0 unspecified atom stereocenters. The van der Waals surface area contributed by atoms with Crippen molar-refractivity contribution >= 4 is 0 Å². The average Bonchev–Trinajstić information content (AvgIpc) is 2.52. The van der Waals surface area contributed by atoms with Crippen molar-refractivity contribution in [2.75, 3.05) is 0 Å². The fraction of sp³-hybridized carbons (Fsp3) is 0.600. The zero-order chi connectivity index (χ0) is 12.6. The van der Waals surface area contributed by atoms with E-state index in [1.54, 1.807) is 0 Å². The van der Waals surface area contributed by atoms with E-state index in [2.05, 4.69) is 46.8 Å². The third kappa shape index (κ3) is 2.70. The van der Waals surface area contributed by atoms with Gasteiger partial charge in [-0.2, -0.15) is 0 Å². The number of aryl methyl sites for hydroxylation is 3. The molecule has 1 aliphatic rings. The molecule has 1 aliphatic heterocycles. The number of hydrogen-bond acceptors (Lipinski definition) is 2. The topological polar surface area (TPSA) is 18.5 Å². The summed E-state index contributed by atoms with van der Waals surface area (Å²) in [6.45, 7) is 10.6. The summed E-state index contributed by atoms with van der Waals surface area (Å²) in [5.41, 5.74) is 5.35. The van der Waals surface area contributed by atoms with Crippen molar-refractivity contribution in [3.05, 3.63) is 34.4 Å². The molecule has 1 fully saturated rings. The summed E-state index contributed by atoms with van der Waals surface area (Å²) in [7, 11) is 0. The summed E-state index contributed by atoms with van der Waals surface area (Å²) < 4.78 is 11.6. The Morgan fingerprint density at radius 1 is 0.941 bits per heavy atom. The quantitative estimate of drug-likeness (QED) is 0.781. The van der Waals surface area contributed by atoms with Crippen LogP contribution in [0.5, 0.6) is 0 Å². The Morgan fingerprint density at radius 2 is 1.41 bits per heavy atom. The van der Waals surface area contributed by atoms with Crippen molar-refractivity contribution in [1.82, 2.24) is 0 Å². The molecule has 1 heterocycles. The predicted molar refractivity (Wildman–Crippen MR) is 69.2 cm³/mol. The largest absolute Gasteiger partial charge is 0.347 e. The lowest BCUT2D eigenvalue weighted by atomic mass is 9.97. The van der Waals surface area contributed by atoms with E-state index in [1.165, 1.54) is 22.3 Å². The zero-order valence-corrected chi connectivity index (χ0v) is 11.4. The second kappa shape index (κ2) is 4.79. The molecule has 17 heavy (non-hydrogen) atoms. The van der Waals surface area contributed by atoms with Crippen molar-refractivity contribution in [3.63, 3.8) is 0 Å². The van der Waals surface area contributed by atoms with Crippen LogP contribution in [0.15, 0.2) is 12.1 Å². The van der Waals surface area contributed by atoms with Crippen molar-refractivity contribution < 1.29 is 9.47 Å². The molecule has 1 saturated heterocycles. The minimum atomic E-state index is -0.0832. The molecule has 0 N–H and O–H groups in total. The van der Waals surface area contributed by atoms with Crippen molar-refractivity contribution in [2.45, 2.75) is 59.5 Å². The Balaban J connectivity index is 2.14. The first-order valence-electron chi connectivity index (χ1n) is 6.35. The molecule has 0 aliphatic carbocycles. The fourth-order valence-corrected chi connectivity index (χ4v) is 2.53. The molecule has 1 aromatic rings. The van der Waals surface area contributed by atoms with Gasteiger partial charge in [0.2, 0.25) is 0 Å². The molecule has 0 amide bonds. The first kappa shape index (κ1) is 12.6. The van der Waals surface area contributed by atoms with Crippen LogP contribution in [0.4, 0.5) is 0 Å². The van der Waals surface area contributed by atoms with Gasteiger partial charge in [-0.25, -0.2) is 0 Å². The number of rotatable bonds is 2. The molecule has 0 bridgehead atoms. The van der Waals surface area contributed by atoms with Gasteiger partial charge in [-0.05, 0) is 51.3 Å². The highest BCUT2D eigenvalue weighted by molar-refractivity contribution is 5.37. The minimum absolute atomic E-state index is 0.0832. The van der Waals surface area contributed by atoms with E-state index in [0.717, 1.165) is 6.42 Å². The van der Waals surface area contributed by atoms with Crippen LogP contribution in [0.25, 0.3) is 0 Å². The van der Waals surface area contributed by atoms with Crippen molar-refractivity contribution in [2.24, 2.45) is 0 Å². The van der Waals surface area contributed by atoms with E-state index in [0.29, 0.717) is 0 Å². The third-order valence-electron chi connectivity index (χ3n) is 3.61. The van der Waals surface area contributed by atoms with Crippen LogP contribution in [0.1, 0.15) is 36.1 Å². The van der Waals surface area contributed by atoms with Crippen LogP contribution in [-0.2, 0) is 15.9 Å². The van der Waals surface area contributed by atoms with Crippen LogP contribution in [0.3, 0.4) is 0 Å². The van der Waals surface area contributed by atoms with E-state index >= 15 is 0 Å². The average molecular weight is 234 g/mol. The monoisotopic (exact) mass is 234 g/mol.